The zero-order chi connectivity index (χ0) is 15.8. The standard InChI is InChI=1S/C15H12FN3O3S/c16-10-2-1-3-12-9(10)6-13(23-12)15(20)19-4-5-21-7-11(19)14-17-8-22-18-14/h1-3,6,8,11H,4-5,7H2. The Bertz CT molecular complexity index is 849. The average Bonchev–Trinajstić information content (AvgIpc) is 3.24. The lowest BCUT2D eigenvalue weighted by molar-refractivity contribution is -0.00550. The first-order valence-electron chi connectivity index (χ1n) is 7.07. The summed E-state index contributed by atoms with van der Waals surface area (Å²) in [7, 11) is 0. The number of nitrogens with zero attached hydrogens (tertiary/aromatic N) is 3. The molecule has 2 aromatic heterocycles. The number of carbonyl (C=O) groups excluding carboxylic acids is 1. The van der Waals surface area contributed by atoms with Crippen molar-refractivity contribution in [1.82, 2.24) is 15.0 Å². The minimum atomic E-state index is -0.398. The van der Waals surface area contributed by atoms with Crippen molar-refractivity contribution in [2.24, 2.45) is 0 Å². The number of benzene rings is 1. The number of aromatic nitrogens is 2. The monoisotopic (exact) mass is 333 g/mol. The maximum atomic E-state index is 13.8. The van der Waals surface area contributed by atoms with E-state index in [0.29, 0.717) is 35.8 Å². The van der Waals surface area contributed by atoms with Gasteiger partial charge in [-0.2, -0.15) is 4.98 Å². The summed E-state index contributed by atoms with van der Waals surface area (Å²) in [5.74, 6) is -0.0939. The van der Waals surface area contributed by atoms with Crippen molar-refractivity contribution < 1.29 is 18.4 Å². The lowest BCUT2D eigenvalue weighted by atomic mass is 10.2. The average molecular weight is 333 g/mol. The Morgan fingerprint density at radius 3 is 3.13 bits per heavy atom. The second-order valence-electron chi connectivity index (χ2n) is 5.14. The van der Waals surface area contributed by atoms with E-state index in [4.69, 9.17) is 9.26 Å². The van der Waals surface area contributed by atoms with Gasteiger partial charge in [-0.15, -0.1) is 11.3 Å². The second-order valence-corrected chi connectivity index (χ2v) is 6.22. The molecule has 1 saturated heterocycles. The quantitative estimate of drug-likeness (QED) is 0.721. The molecule has 6 nitrogen and oxygen atoms in total. The fraction of sp³-hybridized carbons (Fsp3) is 0.267. The van der Waals surface area contributed by atoms with Gasteiger partial charge in [-0.3, -0.25) is 4.79 Å². The third-order valence-electron chi connectivity index (χ3n) is 3.78. The minimum absolute atomic E-state index is 0.177. The van der Waals surface area contributed by atoms with Gasteiger partial charge in [-0.05, 0) is 18.2 Å². The van der Waals surface area contributed by atoms with Crippen molar-refractivity contribution in [3.8, 4) is 0 Å². The number of halogens is 1. The van der Waals surface area contributed by atoms with E-state index in [2.05, 4.69) is 10.1 Å². The molecular formula is C15H12FN3O3S. The van der Waals surface area contributed by atoms with Crippen LogP contribution in [0.3, 0.4) is 0 Å². The van der Waals surface area contributed by atoms with Crippen LogP contribution in [-0.4, -0.2) is 40.7 Å². The number of amides is 1. The Kier molecular flexibility index (Phi) is 3.55. The third kappa shape index (κ3) is 2.49. The van der Waals surface area contributed by atoms with E-state index in [1.165, 1.54) is 23.8 Å². The molecule has 1 aliphatic rings. The Balaban J connectivity index is 1.69. The van der Waals surface area contributed by atoms with E-state index in [0.717, 1.165) is 4.70 Å². The van der Waals surface area contributed by atoms with E-state index in [1.54, 1.807) is 23.1 Å². The number of rotatable bonds is 2. The molecule has 8 heteroatoms. The van der Waals surface area contributed by atoms with Crippen LogP contribution in [0.1, 0.15) is 21.5 Å². The summed E-state index contributed by atoms with van der Waals surface area (Å²) < 4.78 is 24.8. The summed E-state index contributed by atoms with van der Waals surface area (Å²) in [6, 6.07) is 6.03. The number of ether oxygens (including phenoxy) is 1. The predicted octanol–water partition coefficient (Wildman–Crippen LogP) is 2.64. The fourth-order valence-corrected chi connectivity index (χ4v) is 3.69. The highest BCUT2D eigenvalue weighted by Crippen LogP contribution is 2.31. The summed E-state index contributed by atoms with van der Waals surface area (Å²) >= 11 is 1.28. The summed E-state index contributed by atoms with van der Waals surface area (Å²) in [5, 5.41) is 4.27. The largest absolute Gasteiger partial charge is 0.377 e. The van der Waals surface area contributed by atoms with Crippen LogP contribution in [0.2, 0.25) is 0 Å². The number of thiophene rings is 1. The van der Waals surface area contributed by atoms with Crippen molar-refractivity contribution in [2.45, 2.75) is 6.04 Å². The van der Waals surface area contributed by atoms with Gasteiger partial charge in [0.25, 0.3) is 5.91 Å². The molecular weight excluding hydrogens is 321 g/mol. The molecule has 0 bridgehead atoms. The van der Waals surface area contributed by atoms with Crippen molar-refractivity contribution in [2.75, 3.05) is 19.8 Å². The van der Waals surface area contributed by atoms with Gasteiger partial charge in [-0.1, -0.05) is 11.2 Å². The van der Waals surface area contributed by atoms with Gasteiger partial charge < -0.3 is 14.2 Å². The normalized spacial score (nSPS) is 18.5. The molecule has 1 aliphatic heterocycles. The van der Waals surface area contributed by atoms with Crippen molar-refractivity contribution in [3.05, 3.63) is 47.2 Å². The van der Waals surface area contributed by atoms with Gasteiger partial charge in [0.15, 0.2) is 5.82 Å². The number of morpholine rings is 1. The topological polar surface area (TPSA) is 68.5 Å². The summed E-state index contributed by atoms with van der Waals surface area (Å²) in [5.41, 5.74) is 0. The Morgan fingerprint density at radius 2 is 2.35 bits per heavy atom. The third-order valence-corrected chi connectivity index (χ3v) is 4.87. The Morgan fingerprint density at radius 1 is 1.43 bits per heavy atom. The van der Waals surface area contributed by atoms with E-state index in [9.17, 15) is 9.18 Å². The number of hydrogen-bond donors (Lipinski definition) is 0. The van der Waals surface area contributed by atoms with Crippen LogP contribution in [0.4, 0.5) is 4.39 Å². The molecule has 3 heterocycles. The molecule has 0 spiro atoms. The van der Waals surface area contributed by atoms with Gasteiger partial charge in [0.1, 0.15) is 11.9 Å². The van der Waals surface area contributed by atoms with Gasteiger partial charge in [-0.25, -0.2) is 4.39 Å². The molecule has 4 rings (SSSR count). The number of fused-ring (bicyclic) bond motifs is 1. The van der Waals surface area contributed by atoms with Gasteiger partial charge in [0.05, 0.1) is 18.1 Å². The van der Waals surface area contributed by atoms with Crippen molar-refractivity contribution in [3.63, 3.8) is 0 Å². The Labute approximate surface area is 134 Å². The highest BCUT2D eigenvalue weighted by molar-refractivity contribution is 7.20. The van der Waals surface area contributed by atoms with E-state index < -0.39 is 6.04 Å². The van der Waals surface area contributed by atoms with Crippen LogP contribution in [0.25, 0.3) is 10.1 Å². The number of hydrogen-bond acceptors (Lipinski definition) is 6. The van der Waals surface area contributed by atoms with Crippen LogP contribution in [0.15, 0.2) is 35.2 Å². The lowest BCUT2D eigenvalue weighted by Gasteiger charge is -2.33. The van der Waals surface area contributed by atoms with Gasteiger partial charge >= 0.3 is 0 Å². The van der Waals surface area contributed by atoms with Crippen LogP contribution in [-0.2, 0) is 4.74 Å². The second kappa shape index (κ2) is 5.71. The first kappa shape index (κ1) is 14.3. The molecule has 0 aliphatic carbocycles. The molecule has 0 N–H and O–H groups in total. The lowest BCUT2D eigenvalue weighted by Crippen LogP contribution is -2.43. The molecule has 3 aromatic rings. The highest BCUT2D eigenvalue weighted by atomic mass is 32.1. The molecule has 0 radical (unpaired) electrons. The molecule has 1 aromatic carbocycles. The van der Waals surface area contributed by atoms with Crippen LogP contribution in [0, 0.1) is 5.82 Å². The smallest absolute Gasteiger partial charge is 0.264 e. The minimum Gasteiger partial charge on any atom is -0.377 e. The van der Waals surface area contributed by atoms with Crippen molar-refractivity contribution in [1.29, 1.82) is 0 Å². The molecule has 1 amide bonds. The molecule has 1 unspecified atom stereocenters. The zero-order valence-corrected chi connectivity index (χ0v) is 12.8. The molecule has 0 saturated carbocycles. The maximum absolute atomic E-state index is 13.8. The summed E-state index contributed by atoms with van der Waals surface area (Å²) in [4.78, 5) is 19.0. The number of carbonyl (C=O) groups is 1. The SMILES string of the molecule is O=C(c1cc2c(F)cccc2s1)N1CCOCC1c1ncon1. The molecule has 1 fully saturated rings. The van der Waals surface area contributed by atoms with E-state index in [-0.39, 0.29) is 11.7 Å². The zero-order valence-electron chi connectivity index (χ0n) is 11.9. The maximum Gasteiger partial charge on any atom is 0.264 e. The molecule has 1 atom stereocenters. The van der Waals surface area contributed by atoms with E-state index in [1.807, 2.05) is 0 Å². The van der Waals surface area contributed by atoms with Crippen molar-refractivity contribution >= 4 is 27.3 Å². The molecule has 118 valence electrons. The Hall–Kier alpha value is -2.32. The first-order valence-corrected chi connectivity index (χ1v) is 7.89. The van der Waals surface area contributed by atoms with Crippen LogP contribution < -0.4 is 0 Å². The van der Waals surface area contributed by atoms with Crippen LogP contribution >= 0.6 is 11.3 Å². The summed E-state index contributed by atoms with van der Waals surface area (Å²) in [6.07, 6.45) is 1.22. The highest BCUT2D eigenvalue weighted by Gasteiger charge is 2.33. The van der Waals surface area contributed by atoms with Gasteiger partial charge in [0.2, 0.25) is 6.39 Å². The summed E-state index contributed by atoms with van der Waals surface area (Å²) in [6.45, 7) is 1.18. The first-order chi connectivity index (χ1) is 11.2. The fourth-order valence-electron chi connectivity index (χ4n) is 2.66. The predicted molar refractivity (Wildman–Crippen MR) is 80.7 cm³/mol. The van der Waals surface area contributed by atoms with Crippen LogP contribution in [0.5, 0.6) is 0 Å². The molecule has 23 heavy (non-hydrogen) atoms. The van der Waals surface area contributed by atoms with E-state index >= 15 is 0 Å². The van der Waals surface area contributed by atoms with Gasteiger partial charge in [0, 0.05) is 16.6 Å².